The van der Waals surface area contributed by atoms with Crippen molar-refractivity contribution in [2.75, 3.05) is 19.0 Å². The second kappa shape index (κ2) is 5.43. The average Bonchev–Trinajstić information content (AvgIpc) is 2.29. The van der Waals surface area contributed by atoms with Crippen molar-refractivity contribution < 1.29 is 17.9 Å². The van der Waals surface area contributed by atoms with Crippen molar-refractivity contribution in [1.82, 2.24) is 0 Å². The lowest BCUT2D eigenvalue weighted by Gasteiger charge is -2.14. The van der Waals surface area contributed by atoms with E-state index in [1.165, 1.54) is 18.2 Å². The van der Waals surface area contributed by atoms with E-state index in [0.717, 1.165) is 5.69 Å². The Bertz CT molecular complexity index is 395. The molecular formula is C11H11F3N2O. The first-order chi connectivity index (χ1) is 7.97. The first-order valence-corrected chi connectivity index (χ1v) is 4.84. The van der Waals surface area contributed by atoms with Crippen LogP contribution in [0.15, 0.2) is 24.3 Å². The Morgan fingerprint density at radius 3 is 2.35 bits per heavy atom. The molecule has 0 amide bonds. The van der Waals surface area contributed by atoms with E-state index >= 15 is 0 Å². The Morgan fingerprint density at radius 2 is 1.94 bits per heavy atom. The molecule has 0 fully saturated rings. The molecule has 1 rings (SSSR count). The standard InChI is InChI=1S/C11H11F3N2O/c1-16-9-2-4-10(5-3-9)17-7-8(6-15)11(12,13)14/h2-5,8,16H,7H2,1H3. The summed E-state index contributed by atoms with van der Waals surface area (Å²) in [6.07, 6.45) is -4.56. The molecule has 0 saturated heterocycles. The number of nitriles is 1. The maximum atomic E-state index is 12.2. The number of benzene rings is 1. The van der Waals surface area contributed by atoms with E-state index in [1.54, 1.807) is 19.2 Å². The van der Waals surface area contributed by atoms with Gasteiger partial charge in [-0.05, 0) is 24.3 Å². The molecule has 92 valence electrons. The van der Waals surface area contributed by atoms with Crippen molar-refractivity contribution >= 4 is 5.69 Å². The lowest BCUT2D eigenvalue weighted by Crippen LogP contribution is -2.27. The molecule has 0 bridgehead atoms. The van der Waals surface area contributed by atoms with E-state index in [2.05, 4.69) is 5.32 Å². The predicted molar refractivity (Wildman–Crippen MR) is 56.6 cm³/mol. The fraction of sp³-hybridized carbons (Fsp3) is 0.364. The van der Waals surface area contributed by atoms with Crippen molar-refractivity contribution in [3.05, 3.63) is 24.3 Å². The Morgan fingerprint density at radius 1 is 1.35 bits per heavy atom. The molecule has 6 heteroatoms. The fourth-order valence-electron chi connectivity index (χ4n) is 1.10. The van der Waals surface area contributed by atoms with Crippen LogP contribution in [0, 0.1) is 17.2 Å². The van der Waals surface area contributed by atoms with Crippen molar-refractivity contribution in [1.29, 1.82) is 5.26 Å². The van der Waals surface area contributed by atoms with Crippen LogP contribution in [0.1, 0.15) is 0 Å². The van der Waals surface area contributed by atoms with Gasteiger partial charge in [0.15, 0.2) is 5.92 Å². The third-order valence-electron chi connectivity index (χ3n) is 2.11. The normalized spacial score (nSPS) is 12.6. The predicted octanol–water partition coefficient (Wildman–Crippen LogP) is 2.81. The molecule has 3 nitrogen and oxygen atoms in total. The minimum atomic E-state index is -4.56. The number of hydrogen-bond acceptors (Lipinski definition) is 3. The van der Waals surface area contributed by atoms with Gasteiger partial charge in [0.1, 0.15) is 12.4 Å². The highest BCUT2D eigenvalue weighted by Crippen LogP contribution is 2.26. The number of nitrogens with zero attached hydrogens (tertiary/aromatic N) is 1. The molecule has 0 saturated carbocycles. The molecule has 0 aliphatic rings. The third-order valence-corrected chi connectivity index (χ3v) is 2.11. The fourth-order valence-corrected chi connectivity index (χ4v) is 1.10. The maximum absolute atomic E-state index is 12.2. The van der Waals surface area contributed by atoms with Crippen LogP contribution in [0.5, 0.6) is 5.75 Å². The van der Waals surface area contributed by atoms with Crippen LogP contribution in [-0.2, 0) is 0 Å². The van der Waals surface area contributed by atoms with Crippen molar-refractivity contribution in [3.8, 4) is 11.8 Å². The lowest BCUT2D eigenvalue weighted by molar-refractivity contribution is -0.165. The Hall–Kier alpha value is -1.90. The quantitative estimate of drug-likeness (QED) is 0.885. The van der Waals surface area contributed by atoms with Crippen molar-refractivity contribution in [2.24, 2.45) is 5.92 Å². The molecule has 0 aliphatic carbocycles. The molecule has 0 radical (unpaired) electrons. The van der Waals surface area contributed by atoms with E-state index in [9.17, 15) is 13.2 Å². The minimum Gasteiger partial charge on any atom is -0.492 e. The largest absolute Gasteiger partial charge is 0.492 e. The monoisotopic (exact) mass is 244 g/mol. The second-order valence-corrected chi connectivity index (χ2v) is 3.31. The Kier molecular flexibility index (Phi) is 4.21. The number of anilines is 1. The van der Waals surface area contributed by atoms with Gasteiger partial charge in [-0.1, -0.05) is 0 Å². The molecule has 1 N–H and O–H groups in total. The summed E-state index contributed by atoms with van der Waals surface area (Å²) in [5.41, 5.74) is 0.824. The number of rotatable bonds is 4. The van der Waals surface area contributed by atoms with E-state index in [1.807, 2.05) is 0 Å². The second-order valence-electron chi connectivity index (χ2n) is 3.31. The van der Waals surface area contributed by atoms with Gasteiger partial charge in [-0.2, -0.15) is 18.4 Å². The van der Waals surface area contributed by atoms with Crippen LogP contribution >= 0.6 is 0 Å². The van der Waals surface area contributed by atoms with Crippen molar-refractivity contribution in [3.63, 3.8) is 0 Å². The molecule has 1 aromatic carbocycles. The van der Waals surface area contributed by atoms with Gasteiger partial charge in [0, 0.05) is 12.7 Å². The molecule has 0 aliphatic heterocycles. The van der Waals surface area contributed by atoms with Gasteiger partial charge in [0.25, 0.3) is 0 Å². The van der Waals surface area contributed by atoms with Crippen LogP contribution in [0.3, 0.4) is 0 Å². The molecule has 0 aromatic heterocycles. The Labute approximate surface area is 96.8 Å². The van der Waals surface area contributed by atoms with Gasteiger partial charge < -0.3 is 10.1 Å². The summed E-state index contributed by atoms with van der Waals surface area (Å²) in [7, 11) is 1.73. The average molecular weight is 244 g/mol. The number of alkyl halides is 3. The molecule has 1 unspecified atom stereocenters. The number of hydrogen-bond donors (Lipinski definition) is 1. The number of nitrogens with one attached hydrogen (secondary N) is 1. The highest BCUT2D eigenvalue weighted by Gasteiger charge is 2.40. The molecule has 0 spiro atoms. The zero-order chi connectivity index (χ0) is 12.9. The first-order valence-electron chi connectivity index (χ1n) is 4.84. The first kappa shape index (κ1) is 13.2. The number of ether oxygens (including phenoxy) is 1. The van der Waals surface area contributed by atoms with Crippen LogP contribution in [0.4, 0.5) is 18.9 Å². The molecule has 1 atom stereocenters. The summed E-state index contributed by atoms with van der Waals surface area (Å²) < 4.78 is 41.6. The van der Waals surface area contributed by atoms with E-state index < -0.39 is 18.7 Å². The van der Waals surface area contributed by atoms with Gasteiger partial charge in [0.2, 0.25) is 0 Å². The van der Waals surface area contributed by atoms with Gasteiger partial charge in [-0.25, -0.2) is 0 Å². The molecule has 17 heavy (non-hydrogen) atoms. The summed E-state index contributed by atoms with van der Waals surface area (Å²) >= 11 is 0. The van der Waals surface area contributed by atoms with Gasteiger partial charge in [0.05, 0.1) is 6.07 Å². The van der Waals surface area contributed by atoms with E-state index in [4.69, 9.17) is 10.00 Å². The zero-order valence-corrected chi connectivity index (χ0v) is 9.08. The topological polar surface area (TPSA) is 45.0 Å². The summed E-state index contributed by atoms with van der Waals surface area (Å²) in [5, 5.41) is 11.2. The molecule has 1 aromatic rings. The smallest absolute Gasteiger partial charge is 0.407 e. The highest BCUT2D eigenvalue weighted by atomic mass is 19.4. The van der Waals surface area contributed by atoms with Gasteiger partial charge in [-0.15, -0.1) is 0 Å². The van der Waals surface area contributed by atoms with E-state index in [-0.39, 0.29) is 0 Å². The molecule has 0 heterocycles. The molecular weight excluding hydrogens is 233 g/mol. The van der Waals surface area contributed by atoms with Crippen LogP contribution in [0.2, 0.25) is 0 Å². The zero-order valence-electron chi connectivity index (χ0n) is 9.08. The van der Waals surface area contributed by atoms with E-state index in [0.29, 0.717) is 5.75 Å². The van der Waals surface area contributed by atoms with Crippen LogP contribution in [-0.4, -0.2) is 19.8 Å². The SMILES string of the molecule is CNc1ccc(OCC(C#N)C(F)(F)F)cc1. The summed E-state index contributed by atoms with van der Waals surface area (Å²) in [4.78, 5) is 0. The maximum Gasteiger partial charge on any atom is 0.407 e. The van der Waals surface area contributed by atoms with Crippen molar-refractivity contribution in [2.45, 2.75) is 6.18 Å². The Balaban J connectivity index is 2.58. The lowest BCUT2D eigenvalue weighted by atomic mass is 10.2. The number of halogens is 3. The van der Waals surface area contributed by atoms with Crippen LogP contribution in [0.25, 0.3) is 0 Å². The summed E-state index contributed by atoms with van der Waals surface area (Å²) in [6.45, 7) is -0.696. The highest BCUT2D eigenvalue weighted by molar-refractivity contribution is 5.45. The van der Waals surface area contributed by atoms with Crippen LogP contribution < -0.4 is 10.1 Å². The van der Waals surface area contributed by atoms with Gasteiger partial charge in [-0.3, -0.25) is 0 Å². The summed E-state index contributed by atoms with van der Waals surface area (Å²) in [5.74, 6) is -1.81. The third kappa shape index (κ3) is 3.87. The minimum absolute atomic E-state index is 0.300. The van der Waals surface area contributed by atoms with Gasteiger partial charge >= 0.3 is 6.18 Å². The summed E-state index contributed by atoms with van der Waals surface area (Å²) in [6, 6.07) is 7.59.